The molecule has 18 atom stereocenters. The molecule has 3 heterocycles. The van der Waals surface area contributed by atoms with Crippen LogP contribution >= 0.6 is 7.60 Å². The molecular formula is C62H112N8O35P-. The first-order valence-electron chi connectivity index (χ1n) is 34.8. The van der Waals surface area contributed by atoms with Crippen molar-refractivity contribution in [3.63, 3.8) is 0 Å². The van der Waals surface area contributed by atoms with E-state index in [4.69, 9.17) is 71.1 Å². The standard InChI is InChI=1S/C62H113N8O35P/c1-38(74)66-49-55(83)52(80)43(35-71)103-60(49)99-31-27-91-14-10-63-46(77)7-5-41(58(86)64-11-15-92-28-32-100-61-50(67-39(2)75)56(84)53(81)44(36-72)104-61)69-47(78)8-6-42(59(87)65-12-16-93-29-33-101-62-51(68-40(3)76)57(85)54(82)45(37-73)105-62)70-48(79)9-13-90-17-18-94-19-20-95-21-22-96-23-24-97-25-26-98-30-34-102-106(4,88)89/h41-45,49-57,60-62,71-73,80-85H,5-37H2,1-4H3,(H,63,77)(H,64,86)(H,65,87)(H,66,74)(H,67,75)(H,68,76)(H,69,78)(H,70,79)(H,88,89)/p-1. The summed E-state index contributed by atoms with van der Waals surface area (Å²) >= 11 is 0. The minimum Gasteiger partial charge on any atom is -0.779 e. The number of nitrogens with one attached hydrogen (secondary N) is 8. The van der Waals surface area contributed by atoms with Gasteiger partial charge in [-0.3, -0.25) is 38.4 Å². The van der Waals surface area contributed by atoms with Gasteiger partial charge in [0, 0.05) is 66.3 Å². The van der Waals surface area contributed by atoms with E-state index in [1.54, 1.807) is 0 Å². The number of ether oxygens (including phenoxy) is 15. The first-order chi connectivity index (χ1) is 50.7. The van der Waals surface area contributed by atoms with Crippen molar-refractivity contribution in [3.05, 3.63) is 0 Å². The molecule has 0 radical (unpaired) electrons. The maximum absolute atomic E-state index is 13.8. The van der Waals surface area contributed by atoms with Crippen molar-refractivity contribution in [1.82, 2.24) is 42.5 Å². The van der Waals surface area contributed by atoms with Gasteiger partial charge in [0.15, 0.2) is 18.9 Å². The minimum atomic E-state index is -3.79. The third-order valence-corrected chi connectivity index (χ3v) is 16.1. The van der Waals surface area contributed by atoms with E-state index >= 15 is 0 Å². The van der Waals surface area contributed by atoms with E-state index in [0.29, 0.717) is 19.8 Å². The van der Waals surface area contributed by atoms with Crippen LogP contribution in [-0.2, 0) is 118 Å². The topological polar surface area (TPSA) is 603 Å². The zero-order valence-corrected chi connectivity index (χ0v) is 61.1. The van der Waals surface area contributed by atoms with Gasteiger partial charge in [0.25, 0.3) is 0 Å². The third-order valence-electron chi connectivity index (χ3n) is 15.5. The molecule has 0 bridgehead atoms. The number of hydrogen-bond donors (Lipinski definition) is 17. The molecule has 3 aliphatic rings. The molecule has 18 unspecified atom stereocenters. The largest absolute Gasteiger partial charge is 0.779 e. The summed E-state index contributed by atoms with van der Waals surface area (Å²) in [6.07, 6.45) is -18.3. The molecule has 44 heteroatoms. The molecule has 0 spiro atoms. The lowest BCUT2D eigenvalue weighted by atomic mass is 9.97. The number of carbonyl (C=O) groups is 8. The van der Waals surface area contributed by atoms with E-state index in [9.17, 15) is 93.8 Å². The molecule has 3 rings (SSSR count). The van der Waals surface area contributed by atoms with Crippen LogP contribution in [0.5, 0.6) is 0 Å². The highest BCUT2D eigenvalue weighted by molar-refractivity contribution is 7.50. The highest BCUT2D eigenvalue weighted by atomic mass is 31.2. The van der Waals surface area contributed by atoms with Crippen LogP contribution < -0.4 is 47.4 Å². The van der Waals surface area contributed by atoms with Crippen molar-refractivity contribution >= 4 is 54.9 Å². The second-order valence-electron chi connectivity index (χ2n) is 24.0. The quantitative estimate of drug-likeness (QED) is 0.0199. The average Bonchev–Trinajstić information content (AvgIpc) is 0.820. The SMILES string of the molecule is CC(=O)NC1C(OCCOCCNC(=O)CCC(NC(=O)CCC(NC(=O)CCOCCOCCOCCOCCOCCOCCOP(C)(=O)[O-])C(=O)NCCOCCOC2OC(CO)C(O)C(O)C2NC(C)=O)C(=O)NCCOCCOC2OC(CO)C(O)C(O)C2NC(C)=O)OC(CO)C(O)C1O. The Kier molecular flexibility index (Phi) is 49.7. The summed E-state index contributed by atoms with van der Waals surface area (Å²) < 4.78 is 98.4. The maximum atomic E-state index is 13.8. The van der Waals surface area contributed by atoms with Crippen LogP contribution in [0.1, 0.15) is 52.9 Å². The highest BCUT2D eigenvalue weighted by Gasteiger charge is 2.48. The van der Waals surface area contributed by atoms with Crippen LogP contribution in [0.4, 0.5) is 0 Å². The van der Waals surface area contributed by atoms with Crippen molar-refractivity contribution in [1.29, 1.82) is 0 Å². The van der Waals surface area contributed by atoms with E-state index in [2.05, 4.69) is 47.1 Å². The summed E-state index contributed by atoms with van der Waals surface area (Å²) in [6, 6.07) is -6.30. The highest BCUT2D eigenvalue weighted by Crippen LogP contribution is 2.30. The van der Waals surface area contributed by atoms with Gasteiger partial charge in [-0.25, -0.2) is 0 Å². The molecule has 3 saturated heterocycles. The molecule has 43 nitrogen and oxygen atoms in total. The van der Waals surface area contributed by atoms with Gasteiger partial charge in [-0.05, 0) is 12.8 Å². The molecule has 3 fully saturated rings. The van der Waals surface area contributed by atoms with Crippen LogP contribution in [0.15, 0.2) is 0 Å². The number of amides is 8. The van der Waals surface area contributed by atoms with Crippen LogP contribution in [0.3, 0.4) is 0 Å². The Balaban J connectivity index is 1.58. The fraction of sp³-hybridized carbons (Fsp3) is 0.871. The molecule has 17 N–H and O–H groups in total. The molecular weight excluding hydrogens is 1450 g/mol. The zero-order chi connectivity index (χ0) is 78.2. The Labute approximate surface area is 613 Å². The van der Waals surface area contributed by atoms with Crippen molar-refractivity contribution in [2.45, 2.75) is 157 Å². The van der Waals surface area contributed by atoms with Crippen molar-refractivity contribution in [2.75, 3.05) is 191 Å². The summed E-state index contributed by atoms with van der Waals surface area (Å²) in [5.41, 5.74) is 0. The van der Waals surface area contributed by atoms with Crippen LogP contribution in [-0.4, -0.2) is 389 Å². The zero-order valence-electron chi connectivity index (χ0n) is 60.2. The van der Waals surface area contributed by atoms with Gasteiger partial charge in [-0.1, -0.05) is 0 Å². The van der Waals surface area contributed by atoms with E-state index in [1.165, 1.54) is 20.8 Å². The Morgan fingerprint density at radius 1 is 0.377 bits per heavy atom. The predicted molar refractivity (Wildman–Crippen MR) is 357 cm³/mol. The lowest BCUT2D eigenvalue weighted by Gasteiger charge is -2.42. The monoisotopic (exact) mass is 1560 g/mol. The average molecular weight is 1560 g/mol. The van der Waals surface area contributed by atoms with Crippen LogP contribution in [0.2, 0.25) is 0 Å². The first-order valence-corrected chi connectivity index (χ1v) is 36.8. The van der Waals surface area contributed by atoms with Crippen LogP contribution in [0.25, 0.3) is 0 Å². The predicted octanol–water partition coefficient (Wildman–Crippen LogP) is -10.5. The van der Waals surface area contributed by atoms with Crippen molar-refractivity contribution < 1.29 is 169 Å². The van der Waals surface area contributed by atoms with Crippen LogP contribution in [0, 0.1) is 0 Å². The summed E-state index contributed by atoms with van der Waals surface area (Å²) in [5.74, 6) is -5.15. The van der Waals surface area contributed by atoms with E-state index in [1.807, 2.05) is 0 Å². The summed E-state index contributed by atoms with van der Waals surface area (Å²) in [6.45, 7) is 3.52. The van der Waals surface area contributed by atoms with E-state index < -0.39 is 185 Å². The molecule has 0 aromatic heterocycles. The lowest BCUT2D eigenvalue weighted by Crippen LogP contribution is -2.64. The number of hydrogen-bond acceptors (Lipinski definition) is 35. The second-order valence-corrected chi connectivity index (χ2v) is 25.8. The third kappa shape index (κ3) is 40.1. The molecule has 106 heavy (non-hydrogen) atoms. The number of rotatable bonds is 59. The molecule has 0 saturated carbocycles. The fourth-order valence-corrected chi connectivity index (χ4v) is 10.6. The summed E-state index contributed by atoms with van der Waals surface area (Å²) in [7, 11) is -3.79. The van der Waals surface area contributed by atoms with Gasteiger partial charge in [0.2, 0.25) is 47.3 Å². The summed E-state index contributed by atoms with van der Waals surface area (Å²) in [4.78, 5) is 114. The molecule has 0 aromatic rings. The smallest absolute Gasteiger partial charge is 0.242 e. The number of carbonyl (C=O) groups excluding carboxylic acids is 8. The Bertz CT molecular complexity index is 2540. The first kappa shape index (κ1) is 95.2. The number of aliphatic hydroxyl groups is 9. The van der Waals surface area contributed by atoms with E-state index in [0.717, 1.165) is 6.66 Å². The molecule has 8 amide bonds. The lowest BCUT2D eigenvalue weighted by molar-refractivity contribution is -0.272. The van der Waals surface area contributed by atoms with Gasteiger partial charge in [-0.2, -0.15) is 0 Å². The Morgan fingerprint density at radius 2 is 0.651 bits per heavy atom. The Morgan fingerprint density at radius 3 is 0.962 bits per heavy atom. The number of aliphatic hydroxyl groups excluding tert-OH is 9. The minimum absolute atomic E-state index is 0.0372. The molecule has 616 valence electrons. The fourth-order valence-electron chi connectivity index (χ4n) is 10.2. The van der Waals surface area contributed by atoms with Crippen molar-refractivity contribution in [3.8, 4) is 0 Å². The van der Waals surface area contributed by atoms with Crippen molar-refractivity contribution in [2.24, 2.45) is 0 Å². The van der Waals surface area contributed by atoms with Gasteiger partial charge in [0.05, 0.1) is 165 Å². The molecule has 0 aliphatic carbocycles. The van der Waals surface area contributed by atoms with Gasteiger partial charge >= 0.3 is 0 Å². The van der Waals surface area contributed by atoms with Gasteiger partial charge in [-0.15, -0.1) is 0 Å². The van der Waals surface area contributed by atoms with E-state index in [-0.39, 0.29) is 171 Å². The second kappa shape index (κ2) is 55.4. The van der Waals surface area contributed by atoms with Gasteiger partial charge < -0.3 is 174 Å². The van der Waals surface area contributed by atoms with Gasteiger partial charge in [0.1, 0.15) is 92.7 Å². The summed E-state index contributed by atoms with van der Waals surface area (Å²) in [5, 5.41) is 112. The maximum Gasteiger partial charge on any atom is 0.242 e. The molecule has 3 aliphatic heterocycles. The molecule has 0 aromatic carbocycles. The Hall–Kier alpha value is -5.05. The normalized spacial score (nSPS) is 25.6.